The number of nitrogens with one attached hydrogen (secondary N) is 2. The lowest BCUT2D eigenvalue weighted by Crippen LogP contribution is -2.39. The lowest BCUT2D eigenvalue weighted by atomic mass is 9.95. The number of thioether (sulfide) groups is 1. The van der Waals surface area contributed by atoms with Crippen LogP contribution in [0.25, 0.3) is 0 Å². The summed E-state index contributed by atoms with van der Waals surface area (Å²) < 4.78 is 0. The first kappa shape index (κ1) is 14.4. The molecule has 1 saturated carbocycles. The molecule has 6 heteroatoms. The number of nitrogens with zero attached hydrogens (tertiary/aromatic N) is 2. The van der Waals surface area contributed by atoms with E-state index >= 15 is 0 Å². The van der Waals surface area contributed by atoms with Crippen LogP contribution in [0.4, 0.5) is 0 Å². The standard InChI is InChI=1S/C13H22N4OS/c1-3-5-11-15-12(17-16-11)13(18)14-9-6-4-7-10(8-9)19-2/h9-10H,3-8H2,1-2H3,(H,14,18)(H,15,16,17). The first-order valence-electron chi connectivity index (χ1n) is 6.97. The fourth-order valence-corrected chi connectivity index (χ4v) is 3.31. The number of hydrogen-bond acceptors (Lipinski definition) is 4. The Morgan fingerprint density at radius 3 is 3.11 bits per heavy atom. The molecule has 2 unspecified atom stereocenters. The number of amides is 1. The quantitative estimate of drug-likeness (QED) is 0.868. The summed E-state index contributed by atoms with van der Waals surface area (Å²) in [5, 5.41) is 10.5. The highest BCUT2D eigenvalue weighted by atomic mass is 32.2. The fourth-order valence-electron chi connectivity index (χ4n) is 2.49. The lowest BCUT2D eigenvalue weighted by Gasteiger charge is -2.28. The molecule has 0 bridgehead atoms. The second-order valence-corrected chi connectivity index (χ2v) is 6.19. The van der Waals surface area contributed by atoms with E-state index in [1.54, 1.807) is 0 Å². The third-order valence-electron chi connectivity index (χ3n) is 3.52. The maximum atomic E-state index is 12.1. The van der Waals surface area contributed by atoms with Gasteiger partial charge in [0, 0.05) is 17.7 Å². The molecule has 1 amide bonds. The van der Waals surface area contributed by atoms with Crippen molar-refractivity contribution >= 4 is 17.7 Å². The Labute approximate surface area is 118 Å². The van der Waals surface area contributed by atoms with Gasteiger partial charge in [-0.05, 0) is 31.9 Å². The summed E-state index contributed by atoms with van der Waals surface area (Å²) in [5.74, 6) is 0.915. The fraction of sp³-hybridized carbons (Fsp3) is 0.769. The highest BCUT2D eigenvalue weighted by Gasteiger charge is 2.24. The molecule has 1 aromatic rings. The first-order chi connectivity index (χ1) is 9.22. The first-order valence-corrected chi connectivity index (χ1v) is 8.26. The van der Waals surface area contributed by atoms with Crippen molar-refractivity contribution in [2.75, 3.05) is 6.26 Å². The summed E-state index contributed by atoms with van der Waals surface area (Å²) in [6, 6.07) is 0.270. The Hall–Kier alpha value is -1.04. The zero-order chi connectivity index (χ0) is 13.7. The number of hydrogen-bond donors (Lipinski definition) is 2. The van der Waals surface area contributed by atoms with Crippen molar-refractivity contribution in [3.05, 3.63) is 11.6 Å². The minimum Gasteiger partial charge on any atom is -0.346 e. The summed E-state index contributed by atoms with van der Waals surface area (Å²) in [6.45, 7) is 2.08. The van der Waals surface area contributed by atoms with Gasteiger partial charge in [0.2, 0.25) is 5.82 Å². The maximum Gasteiger partial charge on any atom is 0.291 e. The summed E-state index contributed by atoms with van der Waals surface area (Å²) in [6.07, 6.45) is 8.53. The highest BCUT2D eigenvalue weighted by Crippen LogP contribution is 2.26. The van der Waals surface area contributed by atoms with E-state index in [9.17, 15) is 4.79 Å². The molecule has 1 aliphatic rings. The second-order valence-electron chi connectivity index (χ2n) is 5.05. The molecule has 19 heavy (non-hydrogen) atoms. The van der Waals surface area contributed by atoms with Gasteiger partial charge in [0.1, 0.15) is 5.82 Å². The number of carbonyl (C=O) groups excluding carboxylic acids is 1. The van der Waals surface area contributed by atoms with Crippen LogP contribution in [0.2, 0.25) is 0 Å². The largest absolute Gasteiger partial charge is 0.346 e. The molecule has 1 aliphatic carbocycles. The molecule has 106 valence electrons. The van der Waals surface area contributed by atoms with Gasteiger partial charge in [-0.25, -0.2) is 4.98 Å². The van der Waals surface area contributed by atoms with Gasteiger partial charge in [0.15, 0.2) is 0 Å². The number of aromatic nitrogens is 3. The molecule has 2 rings (SSSR count). The van der Waals surface area contributed by atoms with E-state index in [2.05, 4.69) is 33.7 Å². The molecular weight excluding hydrogens is 260 g/mol. The Bertz CT molecular complexity index is 421. The number of aromatic amines is 1. The van der Waals surface area contributed by atoms with Crippen molar-refractivity contribution in [3.63, 3.8) is 0 Å². The van der Waals surface area contributed by atoms with Gasteiger partial charge in [-0.3, -0.25) is 9.89 Å². The molecular formula is C13H22N4OS. The van der Waals surface area contributed by atoms with Crippen LogP contribution in [0.1, 0.15) is 55.5 Å². The monoisotopic (exact) mass is 282 g/mol. The maximum absolute atomic E-state index is 12.1. The van der Waals surface area contributed by atoms with E-state index in [-0.39, 0.29) is 17.8 Å². The molecule has 2 N–H and O–H groups in total. The molecule has 0 aromatic carbocycles. The molecule has 0 radical (unpaired) electrons. The van der Waals surface area contributed by atoms with Crippen molar-refractivity contribution in [1.82, 2.24) is 20.5 Å². The Morgan fingerprint density at radius 2 is 2.37 bits per heavy atom. The zero-order valence-corrected chi connectivity index (χ0v) is 12.4. The number of rotatable bonds is 5. The van der Waals surface area contributed by atoms with Crippen LogP contribution in [0.3, 0.4) is 0 Å². The average molecular weight is 282 g/mol. The molecule has 1 aromatic heterocycles. The minimum atomic E-state index is -0.148. The zero-order valence-electron chi connectivity index (χ0n) is 11.6. The van der Waals surface area contributed by atoms with Crippen LogP contribution in [-0.4, -0.2) is 38.6 Å². The van der Waals surface area contributed by atoms with Crippen molar-refractivity contribution < 1.29 is 4.79 Å². The van der Waals surface area contributed by atoms with Crippen LogP contribution in [0, 0.1) is 0 Å². The highest BCUT2D eigenvalue weighted by molar-refractivity contribution is 7.99. The second kappa shape index (κ2) is 6.93. The molecule has 0 saturated heterocycles. The molecule has 1 fully saturated rings. The molecule has 1 heterocycles. The van der Waals surface area contributed by atoms with E-state index in [1.165, 1.54) is 12.8 Å². The van der Waals surface area contributed by atoms with Crippen molar-refractivity contribution in [3.8, 4) is 0 Å². The summed E-state index contributed by atoms with van der Waals surface area (Å²) >= 11 is 1.89. The number of carbonyl (C=O) groups is 1. The van der Waals surface area contributed by atoms with Crippen LogP contribution >= 0.6 is 11.8 Å². The summed E-state index contributed by atoms with van der Waals surface area (Å²) in [4.78, 5) is 16.3. The van der Waals surface area contributed by atoms with Crippen LogP contribution in [0.5, 0.6) is 0 Å². The van der Waals surface area contributed by atoms with E-state index in [1.807, 2.05) is 11.8 Å². The van der Waals surface area contributed by atoms with E-state index < -0.39 is 0 Å². The molecule has 0 aliphatic heterocycles. The van der Waals surface area contributed by atoms with Gasteiger partial charge in [-0.15, -0.1) is 5.10 Å². The Kier molecular flexibility index (Phi) is 5.24. The third kappa shape index (κ3) is 3.96. The van der Waals surface area contributed by atoms with Crippen LogP contribution < -0.4 is 5.32 Å². The predicted molar refractivity (Wildman–Crippen MR) is 77.4 cm³/mol. The molecule has 0 spiro atoms. The predicted octanol–water partition coefficient (Wildman–Crippen LogP) is 2.16. The van der Waals surface area contributed by atoms with E-state index in [0.717, 1.165) is 31.5 Å². The van der Waals surface area contributed by atoms with Gasteiger partial charge >= 0.3 is 0 Å². The van der Waals surface area contributed by atoms with Gasteiger partial charge in [0.25, 0.3) is 5.91 Å². The normalized spacial score (nSPS) is 23.3. The topological polar surface area (TPSA) is 70.7 Å². The number of H-pyrrole nitrogens is 1. The SMILES string of the molecule is CCCc1nc(C(=O)NC2CCCC(SC)C2)n[nH]1. The third-order valence-corrected chi connectivity index (χ3v) is 4.61. The molecule has 5 nitrogen and oxygen atoms in total. The van der Waals surface area contributed by atoms with Gasteiger partial charge in [-0.2, -0.15) is 11.8 Å². The smallest absolute Gasteiger partial charge is 0.291 e. The van der Waals surface area contributed by atoms with Gasteiger partial charge in [-0.1, -0.05) is 13.3 Å². The summed E-state index contributed by atoms with van der Waals surface area (Å²) in [7, 11) is 0. The Morgan fingerprint density at radius 1 is 1.53 bits per heavy atom. The minimum absolute atomic E-state index is 0.148. The van der Waals surface area contributed by atoms with E-state index in [4.69, 9.17) is 0 Å². The summed E-state index contributed by atoms with van der Waals surface area (Å²) in [5.41, 5.74) is 0. The number of aryl methyl sites for hydroxylation is 1. The van der Waals surface area contributed by atoms with Gasteiger partial charge in [0.05, 0.1) is 0 Å². The van der Waals surface area contributed by atoms with Crippen LogP contribution in [0.15, 0.2) is 0 Å². The van der Waals surface area contributed by atoms with Gasteiger partial charge < -0.3 is 5.32 Å². The molecule has 2 atom stereocenters. The lowest BCUT2D eigenvalue weighted by molar-refractivity contribution is 0.0918. The van der Waals surface area contributed by atoms with Crippen molar-refractivity contribution in [2.45, 2.75) is 56.7 Å². The average Bonchev–Trinajstić information content (AvgIpc) is 2.88. The van der Waals surface area contributed by atoms with Crippen LogP contribution in [-0.2, 0) is 6.42 Å². The van der Waals surface area contributed by atoms with Crippen molar-refractivity contribution in [2.24, 2.45) is 0 Å². The Balaban J connectivity index is 1.88. The van der Waals surface area contributed by atoms with Crippen molar-refractivity contribution in [1.29, 1.82) is 0 Å². The van der Waals surface area contributed by atoms with E-state index in [0.29, 0.717) is 5.25 Å².